The normalized spacial score (nSPS) is 40.1. The Morgan fingerprint density at radius 3 is 2.92 bits per heavy atom. The Morgan fingerprint density at radius 1 is 1.31 bits per heavy atom. The molecule has 4 aliphatic rings. The number of Topliss-reactive ketones (excluding diaryl/α,β-unsaturated/α-hetero) is 1. The van der Waals surface area contributed by atoms with Crippen molar-refractivity contribution in [2.24, 2.45) is 17.8 Å². The highest BCUT2D eigenvalue weighted by Crippen LogP contribution is 2.64. The van der Waals surface area contributed by atoms with E-state index in [-0.39, 0.29) is 24.0 Å². The van der Waals surface area contributed by atoms with Crippen LogP contribution in [0.2, 0.25) is 0 Å². The van der Waals surface area contributed by atoms with Crippen LogP contribution in [0, 0.1) is 17.8 Å². The van der Waals surface area contributed by atoms with Crippen LogP contribution in [0.3, 0.4) is 0 Å². The number of aliphatic hydroxyl groups excluding tert-OH is 1. The predicted octanol–water partition coefficient (Wildman–Crippen LogP) is 2.21. The van der Waals surface area contributed by atoms with Crippen LogP contribution in [-0.4, -0.2) is 36.5 Å². The van der Waals surface area contributed by atoms with Gasteiger partial charge in [0.2, 0.25) is 0 Å². The van der Waals surface area contributed by atoms with E-state index in [1.165, 1.54) is 5.56 Å². The van der Waals surface area contributed by atoms with Crippen molar-refractivity contribution < 1.29 is 24.2 Å². The van der Waals surface area contributed by atoms with Crippen LogP contribution in [0.4, 0.5) is 0 Å². The Balaban J connectivity index is 1.74. The number of fused-ring (bicyclic) bond motifs is 1. The lowest BCUT2D eigenvalue weighted by Crippen LogP contribution is -2.59. The Kier molecular flexibility index (Phi) is 3.48. The quantitative estimate of drug-likeness (QED) is 0.823. The molecule has 1 aromatic carbocycles. The number of hydrogen-bond donors (Lipinski definition) is 1. The molecule has 3 aliphatic carbocycles. The highest BCUT2D eigenvalue weighted by Gasteiger charge is 2.64. The molecule has 1 aliphatic heterocycles. The summed E-state index contributed by atoms with van der Waals surface area (Å²) in [4.78, 5) is 24.4. The number of methoxy groups -OCH3 is 1. The van der Waals surface area contributed by atoms with Crippen LogP contribution in [-0.2, 0) is 21.4 Å². The van der Waals surface area contributed by atoms with E-state index >= 15 is 0 Å². The summed E-state index contributed by atoms with van der Waals surface area (Å²) in [5.74, 6) is 1.97. The summed E-state index contributed by atoms with van der Waals surface area (Å²) in [6.45, 7) is 0. The van der Waals surface area contributed by atoms with Crippen molar-refractivity contribution in [1.82, 2.24) is 0 Å². The SMILES string of the molecule is COc1ccc2c3c1O[C@H]1C(=O)C[C@@H](O)CC31C1CC(C=O)CCC1C2. The van der Waals surface area contributed by atoms with Crippen molar-refractivity contribution in [2.45, 2.75) is 56.1 Å². The topological polar surface area (TPSA) is 72.8 Å². The molecule has 1 heterocycles. The van der Waals surface area contributed by atoms with Gasteiger partial charge in [0.25, 0.3) is 0 Å². The van der Waals surface area contributed by atoms with Crippen molar-refractivity contribution in [3.8, 4) is 11.5 Å². The van der Waals surface area contributed by atoms with E-state index in [4.69, 9.17) is 9.47 Å². The fourth-order valence-corrected chi connectivity index (χ4v) is 6.36. The van der Waals surface area contributed by atoms with Gasteiger partial charge < -0.3 is 19.4 Å². The van der Waals surface area contributed by atoms with Gasteiger partial charge in [-0.25, -0.2) is 0 Å². The molecule has 4 unspecified atom stereocenters. The third kappa shape index (κ3) is 1.95. The van der Waals surface area contributed by atoms with Crippen molar-refractivity contribution in [3.05, 3.63) is 23.3 Å². The van der Waals surface area contributed by atoms with E-state index < -0.39 is 17.6 Å². The molecular weight excluding hydrogens is 332 g/mol. The zero-order valence-electron chi connectivity index (χ0n) is 14.9. The molecule has 0 bridgehead atoms. The highest BCUT2D eigenvalue weighted by molar-refractivity contribution is 5.89. The molecule has 2 fully saturated rings. The third-order valence-corrected chi connectivity index (χ3v) is 7.27. The largest absolute Gasteiger partial charge is 0.493 e. The molecule has 5 rings (SSSR count). The average molecular weight is 356 g/mol. The molecule has 0 saturated heterocycles. The fourth-order valence-electron chi connectivity index (χ4n) is 6.36. The summed E-state index contributed by atoms with van der Waals surface area (Å²) < 4.78 is 11.8. The second-order valence-corrected chi connectivity index (χ2v) is 8.48. The lowest BCUT2D eigenvalue weighted by atomic mass is 9.49. The van der Waals surface area contributed by atoms with Crippen LogP contribution in [0.1, 0.15) is 43.2 Å². The van der Waals surface area contributed by atoms with Gasteiger partial charge in [0.1, 0.15) is 6.29 Å². The van der Waals surface area contributed by atoms with Gasteiger partial charge in [0.05, 0.1) is 13.2 Å². The number of aldehydes is 1. The first kappa shape index (κ1) is 16.3. The molecule has 5 nitrogen and oxygen atoms in total. The maximum Gasteiger partial charge on any atom is 0.176 e. The third-order valence-electron chi connectivity index (χ3n) is 7.27. The minimum absolute atomic E-state index is 0.0261. The molecule has 1 N–H and O–H groups in total. The molecule has 0 amide bonds. The lowest BCUT2D eigenvalue weighted by Gasteiger charge is -2.53. The first-order valence-corrected chi connectivity index (χ1v) is 9.61. The van der Waals surface area contributed by atoms with Crippen LogP contribution in [0.15, 0.2) is 12.1 Å². The number of ether oxygens (including phenoxy) is 2. The number of benzene rings is 1. The van der Waals surface area contributed by atoms with Crippen molar-refractivity contribution in [3.63, 3.8) is 0 Å². The molecule has 0 aromatic heterocycles. The second kappa shape index (κ2) is 5.56. The zero-order chi connectivity index (χ0) is 18.1. The second-order valence-electron chi connectivity index (χ2n) is 8.48. The van der Waals surface area contributed by atoms with E-state index in [2.05, 4.69) is 6.07 Å². The molecule has 138 valence electrons. The van der Waals surface area contributed by atoms with E-state index in [9.17, 15) is 14.7 Å². The Hall–Kier alpha value is -1.88. The molecule has 1 aromatic rings. The van der Waals surface area contributed by atoms with Gasteiger partial charge in [-0.3, -0.25) is 4.79 Å². The summed E-state index contributed by atoms with van der Waals surface area (Å²) in [6, 6.07) is 4.02. The molecular formula is C21H24O5. The maximum absolute atomic E-state index is 12.9. The van der Waals surface area contributed by atoms with Gasteiger partial charge in [-0.05, 0) is 55.6 Å². The Labute approximate surface area is 152 Å². The highest BCUT2D eigenvalue weighted by atomic mass is 16.5. The molecule has 0 radical (unpaired) electrons. The first-order valence-electron chi connectivity index (χ1n) is 9.61. The number of carbonyl (C=O) groups excluding carboxylic acids is 2. The van der Waals surface area contributed by atoms with Gasteiger partial charge >= 0.3 is 0 Å². The molecule has 2 saturated carbocycles. The van der Waals surface area contributed by atoms with E-state index in [0.717, 1.165) is 37.5 Å². The van der Waals surface area contributed by atoms with Gasteiger partial charge in [-0.2, -0.15) is 0 Å². The van der Waals surface area contributed by atoms with Gasteiger partial charge in [-0.15, -0.1) is 0 Å². The van der Waals surface area contributed by atoms with Crippen LogP contribution in [0.25, 0.3) is 0 Å². The number of ketones is 1. The minimum Gasteiger partial charge on any atom is -0.493 e. The summed E-state index contributed by atoms with van der Waals surface area (Å²) in [6.07, 6.45) is 4.18. The predicted molar refractivity (Wildman–Crippen MR) is 93.4 cm³/mol. The summed E-state index contributed by atoms with van der Waals surface area (Å²) in [5.41, 5.74) is 1.77. The number of aliphatic hydroxyl groups is 1. The number of carbonyl (C=O) groups is 2. The standard InChI is InChI=1S/C21H24O5/c1-25-17-5-4-13-7-12-3-2-11(10-22)6-15(12)21-9-14(23)8-16(24)20(21)26-19(17)18(13)21/h4-5,10-12,14-15,20,23H,2-3,6-9H2,1H3/t11?,12?,14-,15?,20+,21?/m1/s1. The number of rotatable bonds is 2. The van der Waals surface area contributed by atoms with Crippen molar-refractivity contribution in [1.29, 1.82) is 0 Å². The molecule has 26 heavy (non-hydrogen) atoms. The molecule has 5 heteroatoms. The minimum atomic E-state index is -0.650. The van der Waals surface area contributed by atoms with Crippen molar-refractivity contribution in [2.75, 3.05) is 7.11 Å². The van der Waals surface area contributed by atoms with E-state index in [1.54, 1.807) is 7.11 Å². The van der Waals surface area contributed by atoms with Gasteiger partial charge in [0, 0.05) is 23.3 Å². The van der Waals surface area contributed by atoms with E-state index in [1.807, 2.05) is 6.07 Å². The van der Waals surface area contributed by atoms with Gasteiger partial charge in [0.15, 0.2) is 23.4 Å². The maximum atomic E-state index is 12.9. The Bertz CT molecular complexity index is 787. The average Bonchev–Trinajstić information content (AvgIpc) is 2.99. The van der Waals surface area contributed by atoms with E-state index in [0.29, 0.717) is 23.8 Å². The van der Waals surface area contributed by atoms with Crippen molar-refractivity contribution >= 4 is 12.1 Å². The zero-order valence-corrected chi connectivity index (χ0v) is 14.9. The lowest BCUT2D eigenvalue weighted by molar-refractivity contribution is -0.140. The first-order chi connectivity index (χ1) is 12.6. The Morgan fingerprint density at radius 2 is 2.15 bits per heavy atom. The summed E-state index contributed by atoms with van der Waals surface area (Å²) in [5, 5.41) is 10.5. The fraction of sp³-hybridized carbons (Fsp3) is 0.619. The smallest absolute Gasteiger partial charge is 0.176 e. The summed E-state index contributed by atoms with van der Waals surface area (Å²) in [7, 11) is 1.61. The monoisotopic (exact) mass is 356 g/mol. The number of hydrogen-bond acceptors (Lipinski definition) is 5. The van der Waals surface area contributed by atoms with Crippen LogP contribution in [0.5, 0.6) is 11.5 Å². The summed E-state index contributed by atoms with van der Waals surface area (Å²) >= 11 is 0. The molecule has 1 spiro atoms. The van der Waals surface area contributed by atoms with Gasteiger partial charge in [-0.1, -0.05) is 6.07 Å². The molecule has 6 atom stereocenters. The van der Waals surface area contributed by atoms with Crippen LogP contribution >= 0.6 is 0 Å². The van der Waals surface area contributed by atoms with Crippen LogP contribution < -0.4 is 9.47 Å².